The van der Waals surface area contributed by atoms with E-state index in [0.29, 0.717) is 18.7 Å². The van der Waals surface area contributed by atoms with Gasteiger partial charge in [0.05, 0.1) is 24.0 Å². The maximum Gasteiger partial charge on any atom is 0.358 e. The number of aromatic carboxylic acids is 1. The van der Waals surface area contributed by atoms with Crippen molar-refractivity contribution in [2.75, 3.05) is 13.1 Å². The number of rotatable bonds is 3. The van der Waals surface area contributed by atoms with E-state index >= 15 is 0 Å². The molecule has 0 aliphatic carbocycles. The Balaban J connectivity index is 1.63. The smallest absolute Gasteiger partial charge is 0.358 e. The van der Waals surface area contributed by atoms with Gasteiger partial charge in [-0.05, 0) is 0 Å². The van der Waals surface area contributed by atoms with Crippen LogP contribution in [-0.4, -0.2) is 59.7 Å². The van der Waals surface area contributed by atoms with Crippen molar-refractivity contribution in [1.29, 1.82) is 0 Å². The van der Waals surface area contributed by atoms with Gasteiger partial charge in [-0.3, -0.25) is 9.48 Å². The van der Waals surface area contributed by atoms with Gasteiger partial charge in [0.25, 0.3) is 5.91 Å². The summed E-state index contributed by atoms with van der Waals surface area (Å²) in [7, 11) is 1.75. The van der Waals surface area contributed by atoms with Crippen LogP contribution in [0.2, 0.25) is 0 Å². The average Bonchev–Trinajstić information content (AvgIpc) is 2.96. The molecular weight excluding hydrogens is 264 g/mol. The zero-order valence-corrected chi connectivity index (χ0v) is 10.7. The molecule has 2 aromatic rings. The number of hydrogen-bond donors (Lipinski definition) is 1. The van der Waals surface area contributed by atoms with E-state index in [1.54, 1.807) is 22.8 Å². The van der Waals surface area contributed by atoms with E-state index in [4.69, 9.17) is 5.11 Å². The SMILES string of the molecule is Cn1cc(C(=O)N2CC(n3cc(C(=O)O)nn3)C2)cn1. The first-order chi connectivity index (χ1) is 9.54. The Bertz CT molecular complexity index is 669. The number of hydrogen-bond acceptors (Lipinski definition) is 5. The van der Waals surface area contributed by atoms with Crippen molar-refractivity contribution < 1.29 is 14.7 Å². The van der Waals surface area contributed by atoms with E-state index in [1.165, 1.54) is 17.1 Å². The number of amides is 1. The number of nitrogens with zero attached hydrogens (tertiary/aromatic N) is 6. The lowest BCUT2D eigenvalue weighted by molar-refractivity contribution is 0.0497. The van der Waals surface area contributed by atoms with Gasteiger partial charge in [-0.15, -0.1) is 5.10 Å². The van der Waals surface area contributed by atoms with Crippen molar-refractivity contribution in [3.05, 3.63) is 29.8 Å². The van der Waals surface area contributed by atoms with Crippen molar-refractivity contribution in [1.82, 2.24) is 29.7 Å². The van der Waals surface area contributed by atoms with E-state index in [2.05, 4.69) is 15.4 Å². The van der Waals surface area contributed by atoms with Crippen molar-refractivity contribution in [2.24, 2.45) is 7.05 Å². The van der Waals surface area contributed by atoms with Gasteiger partial charge in [-0.2, -0.15) is 5.10 Å². The Hall–Kier alpha value is -2.71. The maximum absolute atomic E-state index is 12.1. The molecule has 1 amide bonds. The summed E-state index contributed by atoms with van der Waals surface area (Å²) in [5.74, 6) is -1.20. The fraction of sp³-hybridized carbons (Fsp3) is 0.364. The van der Waals surface area contributed by atoms with Gasteiger partial charge in [0.15, 0.2) is 5.69 Å². The first-order valence-electron chi connectivity index (χ1n) is 5.97. The highest BCUT2D eigenvalue weighted by Crippen LogP contribution is 2.22. The topological polar surface area (TPSA) is 106 Å². The molecule has 1 saturated heterocycles. The molecule has 104 valence electrons. The minimum Gasteiger partial charge on any atom is -0.476 e. The van der Waals surface area contributed by atoms with Crippen molar-refractivity contribution in [2.45, 2.75) is 6.04 Å². The summed E-state index contributed by atoms with van der Waals surface area (Å²) in [6.45, 7) is 0.965. The average molecular weight is 276 g/mol. The molecule has 0 unspecified atom stereocenters. The van der Waals surface area contributed by atoms with Gasteiger partial charge in [0.2, 0.25) is 0 Å². The normalized spacial score (nSPS) is 15.2. The van der Waals surface area contributed by atoms with E-state index in [1.807, 2.05) is 0 Å². The molecule has 0 saturated carbocycles. The second kappa shape index (κ2) is 4.44. The van der Waals surface area contributed by atoms with Gasteiger partial charge in [0.1, 0.15) is 0 Å². The quantitative estimate of drug-likeness (QED) is 0.802. The molecule has 9 nitrogen and oxygen atoms in total. The summed E-state index contributed by atoms with van der Waals surface area (Å²) in [5, 5.41) is 20.0. The second-order valence-corrected chi connectivity index (χ2v) is 4.66. The van der Waals surface area contributed by atoms with Crippen LogP contribution in [0.4, 0.5) is 0 Å². The Morgan fingerprint density at radius 3 is 2.65 bits per heavy atom. The Labute approximate surface area is 113 Å². The van der Waals surface area contributed by atoms with E-state index in [-0.39, 0.29) is 17.6 Å². The Morgan fingerprint density at radius 1 is 1.35 bits per heavy atom. The predicted octanol–water partition coefficient (Wildman–Crippen LogP) is -0.593. The van der Waals surface area contributed by atoms with Crippen LogP contribution < -0.4 is 0 Å². The molecule has 0 atom stereocenters. The van der Waals surface area contributed by atoms with Crippen LogP contribution in [0.1, 0.15) is 26.9 Å². The van der Waals surface area contributed by atoms with Crippen LogP contribution in [0.5, 0.6) is 0 Å². The first kappa shape index (κ1) is 12.3. The van der Waals surface area contributed by atoms with Crippen LogP contribution in [0, 0.1) is 0 Å². The van der Waals surface area contributed by atoms with Crippen LogP contribution >= 0.6 is 0 Å². The second-order valence-electron chi connectivity index (χ2n) is 4.66. The summed E-state index contributed by atoms with van der Waals surface area (Å²) < 4.78 is 3.05. The Kier molecular flexibility index (Phi) is 2.74. The monoisotopic (exact) mass is 276 g/mol. The third-order valence-electron chi connectivity index (χ3n) is 3.20. The number of carboxylic acids is 1. The fourth-order valence-corrected chi connectivity index (χ4v) is 2.06. The molecule has 0 spiro atoms. The van der Waals surface area contributed by atoms with Gasteiger partial charge >= 0.3 is 5.97 Å². The summed E-state index contributed by atoms with van der Waals surface area (Å²) in [6.07, 6.45) is 4.56. The molecule has 0 aromatic carbocycles. The minimum atomic E-state index is -1.11. The molecule has 20 heavy (non-hydrogen) atoms. The molecule has 2 aromatic heterocycles. The molecule has 3 heterocycles. The lowest BCUT2D eigenvalue weighted by Crippen LogP contribution is -2.50. The molecule has 3 rings (SSSR count). The molecule has 0 bridgehead atoms. The van der Waals surface area contributed by atoms with Crippen LogP contribution in [0.3, 0.4) is 0 Å². The van der Waals surface area contributed by atoms with Gasteiger partial charge in [-0.25, -0.2) is 9.48 Å². The summed E-state index contributed by atoms with van der Waals surface area (Å²) in [5.41, 5.74) is 0.442. The lowest BCUT2D eigenvalue weighted by atomic mass is 10.1. The zero-order valence-electron chi connectivity index (χ0n) is 10.7. The zero-order chi connectivity index (χ0) is 14.3. The molecule has 1 aliphatic heterocycles. The number of likely N-dealkylation sites (tertiary alicyclic amines) is 1. The molecule has 1 N–H and O–H groups in total. The first-order valence-corrected chi connectivity index (χ1v) is 5.97. The van der Waals surface area contributed by atoms with Crippen molar-refractivity contribution in [3.63, 3.8) is 0 Å². The third-order valence-corrected chi connectivity index (χ3v) is 3.20. The number of carbonyl (C=O) groups is 2. The molecule has 1 aliphatic rings. The molecule has 9 heteroatoms. The molecule has 0 radical (unpaired) electrons. The highest BCUT2D eigenvalue weighted by molar-refractivity contribution is 5.94. The number of carboxylic acid groups (broad SMARTS) is 1. The number of aryl methyl sites for hydroxylation is 1. The highest BCUT2D eigenvalue weighted by atomic mass is 16.4. The van der Waals surface area contributed by atoms with Gasteiger partial charge in [0, 0.05) is 26.3 Å². The summed E-state index contributed by atoms with van der Waals surface area (Å²) in [6, 6.07) is -0.0313. The van der Waals surface area contributed by atoms with Crippen molar-refractivity contribution >= 4 is 11.9 Å². The molecular formula is C11H12N6O3. The van der Waals surface area contributed by atoms with E-state index in [0.717, 1.165) is 0 Å². The number of carbonyl (C=O) groups excluding carboxylic acids is 1. The fourth-order valence-electron chi connectivity index (χ4n) is 2.06. The predicted molar refractivity (Wildman–Crippen MR) is 65.1 cm³/mol. The van der Waals surface area contributed by atoms with Gasteiger partial charge < -0.3 is 10.0 Å². The summed E-state index contributed by atoms with van der Waals surface area (Å²) >= 11 is 0. The third kappa shape index (κ3) is 2.02. The Morgan fingerprint density at radius 2 is 2.10 bits per heavy atom. The standard InChI is InChI=1S/C11H12N6O3/c1-15-3-7(2-12-15)10(18)16-4-8(5-16)17-6-9(11(19)20)13-14-17/h2-3,6,8H,4-5H2,1H3,(H,19,20). The van der Waals surface area contributed by atoms with E-state index < -0.39 is 5.97 Å². The van der Waals surface area contributed by atoms with Crippen LogP contribution in [0.15, 0.2) is 18.6 Å². The highest BCUT2D eigenvalue weighted by Gasteiger charge is 2.34. The largest absolute Gasteiger partial charge is 0.476 e. The van der Waals surface area contributed by atoms with Crippen LogP contribution in [0.25, 0.3) is 0 Å². The summed E-state index contributed by atoms with van der Waals surface area (Å²) in [4.78, 5) is 24.4. The van der Waals surface area contributed by atoms with Crippen molar-refractivity contribution in [3.8, 4) is 0 Å². The number of aromatic nitrogens is 5. The van der Waals surface area contributed by atoms with E-state index in [9.17, 15) is 9.59 Å². The lowest BCUT2D eigenvalue weighted by Gasteiger charge is -2.38. The maximum atomic E-state index is 12.1. The molecule has 1 fully saturated rings. The van der Waals surface area contributed by atoms with Crippen LogP contribution in [-0.2, 0) is 7.05 Å². The van der Waals surface area contributed by atoms with Gasteiger partial charge in [-0.1, -0.05) is 5.21 Å². The minimum absolute atomic E-state index is 0.0313.